The highest BCUT2D eigenvalue weighted by Gasteiger charge is 2.12. The van der Waals surface area contributed by atoms with Crippen LogP contribution in [0.4, 0.5) is 5.69 Å². The Hall–Kier alpha value is -3.10. The maximum Gasteiger partial charge on any atom is 0.269 e. The Morgan fingerprint density at radius 1 is 1.12 bits per heavy atom. The van der Waals surface area contributed by atoms with Gasteiger partial charge in [0.15, 0.2) is 5.82 Å². The molecule has 0 N–H and O–H groups in total. The lowest BCUT2D eigenvalue weighted by Crippen LogP contribution is -1.90. The van der Waals surface area contributed by atoms with Gasteiger partial charge in [0.05, 0.1) is 4.92 Å². The molecule has 0 aliphatic carbocycles. The predicted molar refractivity (Wildman–Crippen MR) is 101 cm³/mol. The molecule has 2 aromatic heterocycles. The number of rotatable bonds is 4. The van der Waals surface area contributed by atoms with Crippen molar-refractivity contribution in [2.45, 2.75) is 0 Å². The van der Waals surface area contributed by atoms with Crippen LogP contribution in [0.3, 0.4) is 0 Å². The van der Waals surface area contributed by atoms with Crippen LogP contribution < -0.4 is 0 Å². The van der Waals surface area contributed by atoms with E-state index in [1.165, 1.54) is 23.5 Å². The molecule has 4 aromatic rings. The molecule has 2 heterocycles. The van der Waals surface area contributed by atoms with Gasteiger partial charge in [-0.1, -0.05) is 41.1 Å². The minimum Gasteiger partial charge on any atom is -0.258 e. The normalized spacial score (nSPS) is 11.4. The summed E-state index contributed by atoms with van der Waals surface area (Å²) in [5.41, 5.74) is 1.74. The Morgan fingerprint density at radius 2 is 1.92 bits per heavy atom. The van der Waals surface area contributed by atoms with E-state index in [1.54, 1.807) is 22.7 Å². The molecule has 4 rings (SSSR count). The second-order valence-electron chi connectivity index (χ2n) is 5.35. The third-order valence-electron chi connectivity index (χ3n) is 3.61. The summed E-state index contributed by atoms with van der Waals surface area (Å²) in [5.74, 6) is 0.619. The summed E-state index contributed by atoms with van der Waals surface area (Å²) in [5, 5.41) is 24.9. The van der Waals surface area contributed by atoms with Gasteiger partial charge in [-0.05, 0) is 35.9 Å². The van der Waals surface area contributed by atoms with E-state index in [1.807, 2.05) is 30.4 Å². The van der Waals surface area contributed by atoms with Crippen molar-refractivity contribution >= 4 is 45.7 Å². The third kappa shape index (κ3) is 3.19. The number of nitro benzene ring substituents is 1. The highest BCUT2D eigenvalue weighted by molar-refractivity contribution is 7.17. The van der Waals surface area contributed by atoms with Crippen LogP contribution in [0.2, 0.25) is 5.02 Å². The number of nitro groups is 1. The molecule has 0 atom stereocenters. The summed E-state index contributed by atoms with van der Waals surface area (Å²) < 4.78 is 1.67. The lowest BCUT2D eigenvalue weighted by atomic mass is 10.2. The molecule has 128 valence electrons. The maximum atomic E-state index is 10.7. The van der Waals surface area contributed by atoms with Crippen molar-refractivity contribution in [2.24, 2.45) is 0 Å². The van der Waals surface area contributed by atoms with Crippen LogP contribution in [0.5, 0.6) is 0 Å². The average Bonchev–Trinajstić information content (AvgIpc) is 3.20. The summed E-state index contributed by atoms with van der Waals surface area (Å²) in [4.78, 5) is 10.9. The zero-order chi connectivity index (χ0) is 18.1. The quantitative estimate of drug-likeness (QED) is 0.380. The molecule has 2 aromatic carbocycles. The van der Waals surface area contributed by atoms with Crippen molar-refractivity contribution in [3.05, 3.63) is 74.2 Å². The van der Waals surface area contributed by atoms with E-state index in [0.29, 0.717) is 15.8 Å². The predicted octanol–water partition coefficient (Wildman–Crippen LogP) is 4.58. The van der Waals surface area contributed by atoms with Crippen LogP contribution in [0.15, 0.2) is 48.5 Å². The highest BCUT2D eigenvalue weighted by atomic mass is 35.5. The van der Waals surface area contributed by atoms with Gasteiger partial charge in [0.1, 0.15) is 5.01 Å². The molecule has 0 radical (unpaired) electrons. The fourth-order valence-corrected chi connectivity index (χ4v) is 3.31. The van der Waals surface area contributed by atoms with Gasteiger partial charge in [0.25, 0.3) is 5.69 Å². The van der Waals surface area contributed by atoms with E-state index in [9.17, 15) is 10.1 Å². The van der Waals surface area contributed by atoms with Crippen molar-refractivity contribution in [1.29, 1.82) is 0 Å². The minimum absolute atomic E-state index is 0.0621. The fraction of sp³-hybridized carbons (Fsp3) is 0. The van der Waals surface area contributed by atoms with E-state index in [0.717, 1.165) is 16.1 Å². The molecule has 0 aliphatic heterocycles. The van der Waals surface area contributed by atoms with Crippen molar-refractivity contribution in [1.82, 2.24) is 19.8 Å². The first-order chi connectivity index (χ1) is 12.6. The van der Waals surface area contributed by atoms with Gasteiger partial charge >= 0.3 is 0 Å². The van der Waals surface area contributed by atoms with Gasteiger partial charge in [-0.15, -0.1) is 10.2 Å². The van der Waals surface area contributed by atoms with Gasteiger partial charge in [-0.3, -0.25) is 10.1 Å². The lowest BCUT2D eigenvalue weighted by Gasteiger charge is -1.97. The van der Waals surface area contributed by atoms with Gasteiger partial charge in [0.2, 0.25) is 4.96 Å². The average molecular weight is 384 g/mol. The molecule has 7 nitrogen and oxygen atoms in total. The summed E-state index contributed by atoms with van der Waals surface area (Å²) in [7, 11) is 0. The topological polar surface area (TPSA) is 86.2 Å². The first kappa shape index (κ1) is 16.4. The van der Waals surface area contributed by atoms with E-state index in [4.69, 9.17) is 11.6 Å². The first-order valence-corrected chi connectivity index (χ1v) is 8.70. The molecule has 0 bridgehead atoms. The Bertz CT molecular complexity index is 1130. The van der Waals surface area contributed by atoms with Gasteiger partial charge < -0.3 is 0 Å². The molecule has 0 unspecified atom stereocenters. The number of halogens is 1. The molecule has 0 spiro atoms. The molecule has 0 amide bonds. The summed E-state index contributed by atoms with van der Waals surface area (Å²) >= 11 is 7.43. The Morgan fingerprint density at radius 3 is 2.65 bits per heavy atom. The van der Waals surface area contributed by atoms with E-state index in [-0.39, 0.29) is 5.69 Å². The van der Waals surface area contributed by atoms with Crippen molar-refractivity contribution in [3.8, 4) is 11.4 Å². The van der Waals surface area contributed by atoms with E-state index in [2.05, 4.69) is 15.3 Å². The number of non-ortho nitro benzene ring substituents is 1. The second-order valence-corrected chi connectivity index (χ2v) is 6.77. The maximum absolute atomic E-state index is 10.7. The fourth-order valence-electron chi connectivity index (χ4n) is 2.38. The number of hydrogen-bond acceptors (Lipinski definition) is 6. The molecule has 0 fully saturated rings. The Kier molecular flexibility index (Phi) is 4.19. The molecule has 0 saturated carbocycles. The second kappa shape index (κ2) is 6.66. The van der Waals surface area contributed by atoms with E-state index < -0.39 is 4.92 Å². The number of hydrogen-bond donors (Lipinski definition) is 0. The van der Waals surface area contributed by atoms with Crippen molar-refractivity contribution in [2.75, 3.05) is 0 Å². The summed E-state index contributed by atoms with van der Waals surface area (Å²) in [6, 6.07) is 13.7. The minimum atomic E-state index is -0.423. The van der Waals surface area contributed by atoms with Crippen molar-refractivity contribution in [3.63, 3.8) is 0 Å². The largest absolute Gasteiger partial charge is 0.269 e. The van der Waals surface area contributed by atoms with Gasteiger partial charge in [0, 0.05) is 22.7 Å². The Labute approximate surface area is 156 Å². The molecular weight excluding hydrogens is 374 g/mol. The van der Waals surface area contributed by atoms with Crippen LogP contribution >= 0.6 is 22.9 Å². The van der Waals surface area contributed by atoms with Crippen LogP contribution in [0.1, 0.15) is 10.6 Å². The zero-order valence-electron chi connectivity index (χ0n) is 13.1. The number of fused-ring (bicyclic) bond motifs is 1. The number of nitrogens with zero attached hydrogens (tertiary/aromatic N) is 5. The van der Waals surface area contributed by atoms with E-state index >= 15 is 0 Å². The van der Waals surface area contributed by atoms with Crippen LogP contribution in [-0.2, 0) is 0 Å². The monoisotopic (exact) mass is 383 g/mol. The summed E-state index contributed by atoms with van der Waals surface area (Å²) in [6.45, 7) is 0. The molecular formula is C17H10ClN5O2S. The lowest BCUT2D eigenvalue weighted by molar-refractivity contribution is -0.384. The molecule has 0 aliphatic rings. The summed E-state index contributed by atoms with van der Waals surface area (Å²) in [6.07, 6.45) is 3.68. The van der Waals surface area contributed by atoms with Crippen LogP contribution in [0.25, 0.3) is 28.5 Å². The highest BCUT2D eigenvalue weighted by Crippen LogP contribution is 2.24. The standard InChI is InChI=1S/C17H10ClN5O2S/c18-13-3-1-2-12(10-13)16-19-20-17-22(16)21-15(26-17)9-6-11-4-7-14(8-5-11)23(24)25/h1-10H. The van der Waals surface area contributed by atoms with Crippen molar-refractivity contribution < 1.29 is 4.92 Å². The van der Waals surface area contributed by atoms with Gasteiger partial charge in [-0.25, -0.2) is 0 Å². The zero-order valence-corrected chi connectivity index (χ0v) is 14.7. The third-order valence-corrected chi connectivity index (χ3v) is 4.71. The smallest absolute Gasteiger partial charge is 0.258 e. The Balaban J connectivity index is 1.63. The van der Waals surface area contributed by atoms with Crippen LogP contribution in [0, 0.1) is 10.1 Å². The first-order valence-electron chi connectivity index (χ1n) is 7.51. The number of benzene rings is 2. The molecule has 0 saturated heterocycles. The number of aromatic nitrogens is 4. The SMILES string of the molecule is O=[N+]([O-])c1ccc(C=Cc2nn3c(-c4cccc(Cl)c4)nnc3s2)cc1. The molecule has 9 heteroatoms. The van der Waals surface area contributed by atoms with Gasteiger partial charge in [-0.2, -0.15) is 9.61 Å². The van der Waals surface area contributed by atoms with Crippen LogP contribution in [-0.4, -0.2) is 24.7 Å². The molecule has 26 heavy (non-hydrogen) atoms.